The fourth-order valence-corrected chi connectivity index (χ4v) is 3.03. The molecule has 1 aliphatic heterocycles. The number of fused-ring (bicyclic) bond motifs is 1. The number of hydrogen-bond acceptors (Lipinski definition) is 3. The van der Waals surface area contributed by atoms with Gasteiger partial charge in [0.25, 0.3) is 5.91 Å². The largest absolute Gasteiger partial charge is 0.350 e. The average molecular weight is 312 g/mol. The predicted octanol–water partition coefficient (Wildman–Crippen LogP) is 2.45. The van der Waals surface area contributed by atoms with Crippen LogP contribution in [0.25, 0.3) is 11.4 Å². The van der Waals surface area contributed by atoms with Crippen molar-refractivity contribution in [2.24, 2.45) is 5.41 Å². The highest BCUT2D eigenvalue weighted by Crippen LogP contribution is 2.29. The fourth-order valence-electron chi connectivity index (χ4n) is 3.03. The molecule has 1 aliphatic rings. The molecule has 0 spiro atoms. The Bertz CT molecular complexity index is 730. The molecule has 5 nitrogen and oxygen atoms in total. The number of H-pyrrole nitrogens is 1. The van der Waals surface area contributed by atoms with Crippen molar-refractivity contribution in [3.8, 4) is 11.4 Å². The first-order chi connectivity index (χ1) is 10.9. The highest BCUT2D eigenvalue weighted by atomic mass is 16.1. The minimum absolute atomic E-state index is 0.0217. The normalized spacial score (nSPS) is 16.8. The first kappa shape index (κ1) is 15.7. The molecular weight excluding hydrogens is 288 g/mol. The van der Waals surface area contributed by atoms with Gasteiger partial charge in [-0.15, -0.1) is 0 Å². The van der Waals surface area contributed by atoms with E-state index in [2.05, 4.69) is 46.2 Å². The Hall–Kier alpha value is -2.14. The van der Waals surface area contributed by atoms with Crippen molar-refractivity contribution in [1.29, 1.82) is 0 Å². The molecule has 2 N–H and O–H groups in total. The molecule has 122 valence electrons. The molecule has 0 unspecified atom stereocenters. The molecule has 3 rings (SSSR count). The summed E-state index contributed by atoms with van der Waals surface area (Å²) >= 11 is 0. The van der Waals surface area contributed by atoms with Gasteiger partial charge in [0.15, 0.2) is 0 Å². The standard InChI is InChI=1S/C18H24N4O/c1-18(2)9-14-15(17(23)19-11-18)21-16(20-14)13-8-6-5-7-12(13)10-22(3)4/h5-8H,9-11H2,1-4H3,(H,19,23)(H,20,21). The van der Waals surface area contributed by atoms with Crippen LogP contribution in [0.4, 0.5) is 0 Å². The zero-order valence-corrected chi connectivity index (χ0v) is 14.2. The van der Waals surface area contributed by atoms with Crippen LogP contribution in [0.15, 0.2) is 24.3 Å². The van der Waals surface area contributed by atoms with Gasteiger partial charge < -0.3 is 15.2 Å². The number of aromatic amines is 1. The maximum Gasteiger partial charge on any atom is 0.271 e. The number of carbonyl (C=O) groups is 1. The third-order valence-corrected chi connectivity index (χ3v) is 4.14. The fraction of sp³-hybridized carbons (Fsp3) is 0.444. The monoisotopic (exact) mass is 312 g/mol. The predicted molar refractivity (Wildman–Crippen MR) is 91.2 cm³/mol. The molecule has 2 heterocycles. The first-order valence-electron chi connectivity index (χ1n) is 7.96. The summed E-state index contributed by atoms with van der Waals surface area (Å²) in [7, 11) is 4.09. The quantitative estimate of drug-likeness (QED) is 0.915. The van der Waals surface area contributed by atoms with Gasteiger partial charge in [-0.3, -0.25) is 4.79 Å². The van der Waals surface area contributed by atoms with Crippen LogP contribution >= 0.6 is 0 Å². The second-order valence-corrected chi connectivity index (χ2v) is 7.33. The number of amides is 1. The van der Waals surface area contributed by atoms with E-state index < -0.39 is 0 Å². The van der Waals surface area contributed by atoms with Gasteiger partial charge in [-0.25, -0.2) is 4.98 Å². The van der Waals surface area contributed by atoms with Gasteiger partial charge in [0.2, 0.25) is 0 Å². The maximum atomic E-state index is 12.3. The molecule has 0 aliphatic carbocycles. The summed E-state index contributed by atoms with van der Waals surface area (Å²) in [5.41, 5.74) is 3.74. The summed E-state index contributed by atoms with van der Waals surface area (Å²) in [6, 6.07) is 8.20. The van der Waals surface area contributed by atoms with E-state index in [1.54, 1.807) is 0 Å². The van der Waals surface area contributed by atoms with Crippen LogP contribution in [0.5, 0.6) is 0 Å². The van der Waals surface area contributed by atoms with Crippen LogP contribution in [0.2, 0.25) is 0 Å². The van der Waals surface area contributed by atoms with Crippen molar-refractivity contribution in [1.82, 2.24) is 20.2 Å². The molecule has 1 amide bonds. The Kier molecular flexibility index (Phi) is 3.98. The smallest absolute Gasteiger partial charge is 0.271 e. The van der Waals surface area contributed by atoms with E-state index in [1.165, 1.54) is 5.56 Å². The number of aromatic nitrogens is 2. The highest BCUT2D eigenvalue weighted by molar-refractivity contribution is 5.94. The SMILES string of the molecule is CN(C)Cc1ccccc1-c1nc2c([nH]1)CC(C)(C)CNC2=O. The van der Waals surface area contributed by atoms with Crippen LogP contribution in [-0.4, -0.2) is 41.4 Å². The lowest BCUT2D eigenvalue weighted by Gasteiger charge is -2.21. The minimum atomic E-state index is -0.0850. The van der Waals surface area contributed by atoms with Crippen molar-refractivity contribution in [2.45, 2.75) is 26.8 Å². The number of nitrogens with one attached hydrogen (secondary N) is 2. The molecule has 0 saturated heterocycles. The molecule has 1 aromatic carbocycles. The van der Waals surface area contributed by atoms with E-state index in [9.17, 15) is 4.79 Å². The summed E-state index contributed by atoms with van der Waals surface area (Å²) in [5.74, 6) is 0.693. The van der Waals surface area contributed by atoms with Crippen LogP contribution in [0, 0.1) is 5.41 Å². The molecule has 5 heteroatoms. The summed E-state index contributed by atoms with van der Waals surface area (Å²) in [6.07, 6.45) is 0.809. The number of hydrogen-bond donors (Lipinski definition) is 2. The molecule has 0 radical (unpaired) electrons. The first-order valence-corrected chi connectivity index (χ1v) is 7.96. The van der Waals surface area contributed by atoms with E-state index in [0.717, 1.165) is 30.0 Å². The number of rotatable bonds is 3. The summed E-state index contributed by atoms with van der Waals surface area (Å²) < 4.78 is 0. The van der Waals surface area contributed by atoms with Gasteiger partial charge in [-0.2, -0.15) is 0 Å². The van der Waals surface area contributed by atoms with Crippen LogP contribution in [0.3, 0.4) is 0 Å². The maximum absolute atomic E-state index is 12.3. The number of nitrogens with zero attached hydrogens (tertiary/aromatic N) is 2. The lowest BCUT2D eigenvalue weighted by atomic mass is 9.88. The molecule has 2 aromatic rings. The second kappa shape index (κ2) is 5.81. The molecule has 23 heavy (non-hydrogen) atoms. The number of carbonyl (C=O) groups excluding carboxylic acids is 1. The molecule has 0 saturated carbocycles. The Morgan fingerprint density at radius 3 is 2.74 bits per heavy atom. The van der Waals surface area contributed by atoms with Gasteiger partial charge in [0, 0.05) is 24.3 Å². The van der Waals surface area contributed by atoms with E-state index >= 15 is 0 Å². The van der Waals surface area contributed by atoms with Crippen LogP contribution in [0.1, 0.15) is 35.6 Å². The highest BCUT2D eigenvalue weighted by Gasteiger charge is 2.30. The third-order valence-electron chi connectivity index (χ3n) is 4.14. The van der Waals surface area contributed by atoms with Gasteiger partial charge in [0.1, 0.15) is 11.5 Å². The van der Waals surface area contributed by atoms with Crippen molar-refractivity contribution in [2.75, 3.05) is 20.6 Å². The van der Waals surface area contributed by atoms with E-state index in [1.807, 2.05) is 26.2 Å². The molecule has 0 atom stereocenters. The zero-order chi connectivity index (χ0) is 16.6. The summed E-state index contributed by atoms with van der Waals surface area (Å²) in [4.78, 5) is 22.4. The van der Waals surface area contributed by atoms with Crippen LogP contribution in [-0.2, 0) is 13.0 Å². The van der Waals surface area contributed by atoms with Gasteiger partial charge in [-0.05, 0) is 31.5 Å². The Morgan fingerprint density at radius 1 is 1.26 bits per heavy atom. The Morgan fingerprint density at radius 2 is 2.00 bits per heavy atom. The van der Waals surface area contributed by atoms with Gasteiger partial charge >= 0.3 is 0 Å². The topological polar surface area (TPSA) is 61.0 Å². The van der Waals surface area contributed by atoms with Crippen molar-refractivity contribution >= 4 is 5.91 Å². The Balaban J connectivity index is 2.04. The molecule has 0 bridgehead atoms. The molecule has 0 fully saturated rings. The Labute approximate surface area is 137 Å². The number of imidazole rings is 1. The van der Waals surface area contributed by atoms with Crippen molar-refractivity contribution < 1.29 is 4.79 Å². The van der Waals surface area contributed by atoms with E-state index in [-0.39, 0.29) is 11.3 Å². The van der Waals surface area contributed by atoms with Gasteiger partial charge in [-0.1, -0.05) is 38.1 Å². The van der Waals surface area contributed by atoms with Crippen molar-refractivity contribution in [3.05, 3.63) is 41.2 Å². The van der Waals surface area contributed by atoms with Crippen molar-refractivity contribution in [3.63, 3.8) is 0 Å². The van der Waals surface area contributed by atoms with E-state index in [4.69, 9.17) is 0 Å². The lowest BCUT2D eigenvalue weighted by Crippen LogP contribution is -2.32. The molecule has 1 aromatic heterocycles. The lowest BCUT2D eigenvalue weighted by molar-refractivity contribution is 0.0940. The van der Waals surface area contributed by atoms with Crippen LogP contribution < -0.4 is 5.32 Å². The van der Waals surface area contributed by atoms with E-state index in [0.29, 0.717) is 12.2 Å². The summed E-state index contributed by atoms with van der Waals surface area (Å²) in [5, 5.41) is 2.97. The molecular formula is C18H24N4O. The minimum Gasteiger partial charge on any atom is -0.350 e. The second-order valence-electron chi connectivity index (χ2n) is 7.33. The van der Waals surface area contributed by atoms with Gasteiger partial charge in [0.05, 0.1) is 0 Å². The summed E-state index contributed by atoms with van der Waals surface area (Å²) in [6.45, 7) is 5.81. The number of benzene rings is 1. The average Bonchev–Trinajstić information content (AvgIpc) is 2.83. The third kappa shape index (κ3) is 3.29. The zero-order valence-electron chi connectivity index (χ0n) is 14.2.